The number of rotatable bonds is 7. The molecule has 0 bridgehead atoms. The summed E-state index contributed by atoms with van der Waals surface area (Å²) in [6, 6.07) is 10.7. The average Bonchev–Trinajstić information content (AvgIpc) is 3.13. The number of nitrogens with one attached hydrogen (secondary N) is 1. The molecule has 0 atom stereocenters. The Kier molecular flexibility index (Phi) is 5.30. The number of amides is 1. The van der Waals surface area contributed by atoms with Crippen LogP contribution in [-0.2, 0) is 19.7 Å². The molecule has 128 valence electrons. The highest BCUT2D eigenvalue weighted by Gasteiger charge is 2.07. The molecule has 3 aromatic rings. The molecule has 1 N–H and O–H groups in total. The molecule has 0 saturated carbocycles. The molecule has 0 radical (unpaired) electrons. The largest absolute Gasteiger partial charge is 0.486 e. The summed E-state index contributed by atoms with van der Waals surface area (Å²) in [5.41, 5.74) is 1.51. The summed E-state index contributed by atoms with van der Waals surface area (Å²) in [5.74, 6) is 1.15. The van der Waals surface area contributed by atoms with Crippen LogP contribution in [0.15, 0.2) is 48.8 Å². The molecule has 3 rings (SSSR count). The first-order chi connectivity index (χ1) is 12.3. The highest BCUT2D eigenvalue weighted by Crippen LogP contribution is 2.13. The minimum Gasteiger partial charge on any atom is -0.486 e. The fraction of sp³-hybridized carbons (Fsp3) is 0.235. The van der Waals surface area contributed by atoms with Crippen LogP contribution in [-0.4, -0.2) is 31.1 Å². The second-order valence-electron chi connectivity index (χ2n) is 5.27. The molecule has 0 saturated heterocycles. The predicted octanol–water partition coefficient (Wildman–Crippen LogP) is 1.60. The van der Waals surface area contributed by atoms with Gasteiger partial charge in [-0.15, -0.1) is 5.10 Å². The van der Waals surface area contributed by atoms with Crippen molar-refractivity contribution < 1.29 is 9.53 Å². The van der Waals surface area contributed by atoms with Gasteiger partial charge in [0.1, 0.15) is 12.4 Å². The number of nitrogens with zero attached hydrogens (tertiary/aromatic N) is 5. The SMILES string of the molecule is CCn1nnnc1COc1ccc(C(=O)NCc2cccnc2)cc1. The van der Waals surface area contributed by atoms with Crippen LogP contribution < -0.4 is 10.1 Å². The molecule has 2 aromatic heterocycles. The van der Waals surface area contributed by atoms with Crippen LogP contribution in [0.2, 0.25) is 0 Å². The third kappa shape index (κ3) is 4.37. The predicted molar refractivity (Wildman–Crippen MR) is 89.7 cm³/mol. The van der Waals surface area contributed by atoms with E-state index >= 15 is 0 Å². The van der Waals surface area contributed by atoms with E-state index in [2.05, 4.69) is 25.8 Å². The molecule has 0 aliphatic rings. The van der Waals surface area contributed by atoms with Gasteiger partial charge >= 0.3 is 0 Å². The number of tetrazole rings is 1. The Morgan fingerprint density at radius 1 is 1.24 bits per heavy atom. The van der Waals surface area contributed by atoms with Gasteiger partial charge in [0.2, 0.25) is 0 Å². The third-order valence-electron chi connectivity index (χ3n) is 3.57. The normalized spacial score (nSPS) is 10.4. The van der Waals surface area contributed by atoms with Crippen molar-refractivity contribution >= 4 is 5.91 Å². The molecule has 0 aliphatic carbocycles. The van der Waals surface area contributed by atoms with Gasteiger partial charge in [0.05, 0.1) is 0 Å². The quantitative estimate of drug-likeness (QED) is 0.703. The zero-order valence-electron chi connectivity index (χ0n) is 13.8. The van der Waals surface area contributed by atoms with Crippen LogP contribution in [0.25, 0.3) is 0 Å². The Bertz CT molecular complexity index is 817. The summed E-state index contributed by atoms with van der Waals surface area (Å²) < 4.78 is 7.32. The maximum atomic E-state index is 12.2. The van der Waals surface area contributed by atoms with Crippen LogP contribution in [0.4, 0.5) is 0 Å². The van der Waals surface area contributed by atoms with Gasteiger partial charge < -0.3 is 10.1 Å². The van der Waals surface area contributed by atoms with E-state index in [1.807, 2.05) is 19.1 Å². The number of pyridine rings is 1. The minimum absolute atomic E-state index is 0.148. The first-order valence-corrected chi connectivity index (χ1v) is 7.91. The second kappa shape index (κ2) is 8.00. The van der Waals surface area contributed by atoms with E-state index in [0.717, 1.165) is 5.56 Å². The zero-order valence-corrected chi connectivity index (χ0v) is 13.8. The number of ether oxygens (including phenoxy) is 1. The van der Waals surface area contributed by atoms with Crippen molar-refractivity contribution in [1.82, 2.24) is 30.5 Å². The molecular formula is C17H18N6O2. The van der Waals surface area contributed by atoms with Gasteiger partial charge in [-0.3, -0.25) is 9.78 Å². The summed E-state index contributed by atoms with van der Waals surface area (Å²) in [7, 11) is 0. The Labute approximate surface area is 144 Å². The number of aromatic nitrogens is 5. The van der Waals surface area contributed by atoms with E-state index in [9.17, 15) is 4.79 Å². The first-order valence-electron chi connectivity index (χ1n) is 7.91. The van der Waals surface area contributed by atoms with Crippen molar-refractivity contribution in [3.8, 4) is 5.75 Å². The fourth-order valence-electron chi connectivity index (χ4n) is 2.21. The molecule has 25 heavy (non-hydrogen) atoms. The lowest BCUT2D eigenvalue weighted by molar-refractivity contribution is 0.0951. The monoisotopic (exact) mass is 338 g/mol. The van der Waals surface area contributed by atoms with Gasteiger partial charge in [0.25, 0.3) is 5.91 Å². The van der Waals surface area contributed by atoms with Crippen molar-refractivity contribution in [3.63, 3.8) is 0 Å². The Balaban J connectivity index is 1.53. The molecule has 1 aromatic carbocycles. The van der Waals surface area contributed by atoms with E-state index in [1.165, 1.54) is 0 Å². The van der Waals surface area contributed by atoms with E-state index < -0.39 is 0 Å². The van der Waals surface area contributed by atoms with Crippen molar-refractivity contribution in [2.24, 2.45) is 0 Å². The highest BCUT2D eigenvalue weighted by molar-refractivity contribution is 5.94. The van der Waals surface area contributed by atoms with Crippen molar-refractivity contribution in [2.75, 3.05) is 0 Å². The van der Waals surface area contributed by atoms with E-state index in [1.54, 1.807) is 41.3 Å². The third-order valence-corrected chi connectivity index (χ3v) is 3.57. The fourth-order valence-corrected chi connectivity index (χ4v) is 2.21. The lowest BCUT2D eigenvalue weighted by Gasteiger charge is -2.08. The Morgan fingerprint density at radius 2 is 2.08 bits per heavy atom. The minimum atomic E-state index is -0.148. The average molecular weight is 338 g/mol. The number of carbonyl (C=O) groups excluding carboxylic acids is 1. The number of aryl methyl sites for hydroxylation is 1. The topological polar surface area (TPSA) is 94.8 Å². The molecule has 0 fully saturated rings. The molecule has 1 amide bonds. The summed E-state index contributed by atoms with van der Waals surface area (Å²) in [6.45, 7) is 3.35. The summed E-state index contributed by atoms with van der Waals surface area (Å²) in [4.78, 5) is 16.2. The van der Waals surface area contributed by atoms with Crippen LogP contribution >= 0.6 is 0 Å². The number of carbonyl (C=O) groups is 1. The van der Waals surface area contributed by atoms with Crippen molar-refractivity contribution in [1.29, 1.82) is 0 Å². The van der Waals surface area contributed by atoms with Crippen molar-refractivity contribution in [3.05, 3.63) is 65.7 Å². The lowest BCUT2D eigenvalue weighted by Crippen LogP contribution is -2.22. The number of hydrogen-bond acceptors (Lipinski definition) is 6. The van der Waals surface area contributed by atoms with Gasteiger partial charge in [0.15, 0.2) is 5.82 Å². The van der Waals surface area contributed by atoms with E-state index in [-0.39, 0.29) is 12.5 Å². The van der Waals surface area contributed by atoms with Gasteiger partial charge in [-0.1, -0.05) is 6.07 Å². The van der Waals surface area contributed by atoms with Gasteiger partial charge in [-0.2, -0.15) is 0 Å². The van der Waals surface area contributed by atoms with Crippen LogP contribution in [0, 0.1) is 0 Å². The standard InChI is InChI=1S/C17H18N6O2/c1-2-23-16(20-21-22-23)12-25-15-7-5-14(6-8-15)17(24)19-11-13-4-3-9-18-10-13/h3-10H,2,11-12H2,1H3,(H,19,24). The van der Waals surface area contributed by atoms with Gasteiger partial charge in [-0.25, -0.2) is 4.68 Å². The summed E-state index contributed by atoms with van der Waals surface area (Å²) >= 11 is 0. The molecule has 8 heteroatoms. The zero-order chi connectivity index (χ0) is 17.5. The summed E-state index contributed by atoms with van der Waals surface area (Å²) in [5, 5.41) is 14.2. The van der Waals surface area contributed by atoms with Crippen LogP contribution in [0.1, 0.15) is 28.7 Å². The number of benzene rings is 1. The first kappa shape index (κ1) is 16.6. The molecule has 0 unspecified atom stereocenters. The maximum absolute atomic E-state index is 12.2. The summed E-state index contributed by atoms with van der Waals surface area (Å²) in [6.07, 6.45) is 3.42. The second-order valence-corrected chi connectivity index (χ2v) is 5.27. The Morgan fingerprint density at radius 3 is 2.80 bits per heavy atom. The molecule has 8 nitrogen and oxygen atoms in total. The molecule has 2 heterocycles. The molecular weight excluding hydrogens is 320 g/mol. The highest BCUT2D eigenvalue weighted by atomic mass is 16.5. The van der Waals surface area contributed by atoms with Crippen LogP contribution in [0.5, 0.6) is 5.75 Å². The van der Waals surface area contributed by atoms with Gasteiger partial charge in [0, 0.05) is 31.0 Å². The van der Waals surface area contributed by atoms with Crippen LogP contribution in [0.3, 0.4) is 0 Å². The van der Waals surface area contributed by atoms with E-state index in [4.69, 9.17) is 4.74 Å². The molecule has 0 spiro atoms. The molecule has 0 aliphatic heterocycles. The van der Waals surface area contributed by atoms with Crippen molar-refractivity contribution in [2.45, 2.75) is 26.6 Å². The maximum Gasteiger partial charge on any atom is 0.251 e. The Hall–Kier alpha value is -3.29. The number of hydrogen-bond donors (Lipinski definition) is 1. The smallest absolute Gasteiger partial charge is 0.251 e. The van der Waals surface area contributed by atoms with Gasteiger partial charge in [-0.05, 0) is 53.2 Å². The van der Waals surface area contributed by atoms with E-state index in [0.29, 0.717) is 30.2 Å². The lowest BCUT2D eigenvalue weighted by atomic mass is 10.2.